The molecule has 0 spiro atoms. The van der Waals surface area contributed by atoms with Gasteiger partial charge < -0.3 is 14.4 Å². The van der Waals surface area contributed by atoms with Crippen molar-refractivity contribution >= 4 is 5.91 Å². The zero-order chi connectivity index (χ0) is 12.6. The third-order valence-corrected chi connectivity index (χ3v) is 2.32. The molecule has 1 amide bonds. The average Bonchev–Trinajstić information content (AvgIpc) is 2.28. The maximum Gasteiger partial charge on any atom is 0.240 e. The molecule has 2 atom stereocenters. The number of ether oxygens (including phenoxy) is 2. The molecule has 0 radical (unpaired) electrons. The second-order valence-electron chi connectivity index (χ2n) is 3.68. The largest absolute Gasteiger partial charge is 0.383 e. The minimum Gasteiger partial charge on any atom is -0.383 e. The molecule has 0 saturated heterocycles. The Bertz CT molecular complexity index is 250. The summed E-state index contributed by atoms with van der Waals surface area (Å²) in [6.45, 7) is 4.88. The number of methoxy groups -OCH3 is 2. The van der Waals surface area contributed by atoms with Crippen molar-refractivity contribution in [2.24, 2.45) is 5.92 Å². The molecule has 0 aliphatic heterocycles. The highest BCUT2D eigenvalue weighted by Crippen LogP contribution is 2.07. The Kier molecular flexibility index (Phi) is 7.52. The summed E-state index contributed by atoms with van der Waals surface area (Å²) in [6, 6.07) is 1.89. The van der Waals surface area contributed by atoms with Crippen LogP contribution in [0.15, 0.2) is 0 Å². The highest BCUT2D eigenvalue weighted by molar-refractivity contribution is 5.81. The summed E-state index contributed by atoms with van der Waals surface area (Å²) in [4.78, 5) is 13.5. The fourth-order valence-corrected chi connectivity index (χ4v) is 1.37. The Morgan fingerprint density at radius 1 is 1.38 bits per heavy atom. The maximum atomic E-state index is 11.9. The van der Waals surface area contributed by atoms with Gasteiger partial charge in [-0.05, 0) is 13.8 Å². The summed E-state index contributed by atoms with van der Waals surface area (Å²) >= 11 is 0. The van der Waals surface area contributed by atoms with Gasteiger partial charge in [0.05, 0.1) is 25.3 Å². The van der Waals surface area contributed by atoms with E-state index in [-0.39, 0.29) is 11.9 Å². The van der Waals surface area contributed by atoms with E-state index in [1.165, 1.54) is 0 Å². The highest BCUT2D eigenvalue weighted by atomic mass is 16.5. The standard InChI is InChI=1S/C11H20N2O3/c1-9(7-12)11(14)13(5-6-15-3)10(2)8-16-4/h9-10H,5-6,8H2,1-4H3. The second kappa shape index (κ2) is 8.08. The zero-order valence-corrected chi connectivity index (χ0v) is 10.4. The first-order valence-corrected chi connectivity index (χ1v) is 5.26. The predicted molar refractivity (Wildman–Crippen MR) is 59.7 cm³/mol. The van der Waals surface area contributed by atoms with Crippen molar-refractivity contribution in [2.75, 3.05) is 34.0 Å². The second-order valence-corrected chi connectivity index (χ2v) is 3.68. The maximum absolute atomic E-state index is 11.9. The summed E-state index contributed by atoms with van der Waals surface area (Å²) in [5.74, 6) is -0.805. The van der Waals surface area contributed by atoms with Crippen LogP contribution >= 0.6 is 0 Å². The van der Waals surface area contributed by atoms with Gasteiger partial charge in [-0.15, -0.1) is 0 Å². The molecule has 0 rings (SSSR count). The first kappa shape index (κ1) is 14.9. The van der Waals surface area contributed by atoms with E-state index >= 15 is 0 Å². The lowest BCUT2D eigenvalue weighted by Gasteiger charge is -2.29. The SMILES string of the molecule is COCCN(C(=O)C(C)C#N)C(C)COC. The van der Waals surface area contributed by atoms with Gasteiger partial charge in [-0.1, -0.05) is 0 Å². The monoisotopic (exact) mass is 228 g/mol. The molecular formula is C11H20N2O3. The number of nitriles is 1. The number of carbonyl (C=O) groups is 1. The van der Waals surface area contributed by atoms with Gasteiger partial charge in [0.2, 0.25) is 5.91 Å². The third-order valence-electron chi connectivity index (χ3n) is 2.32. The molecule has 0 aromatic heterocycles. The van der Waals surface area contributed by atoms with E-state index in [0.717, 1.165) is 0 Å². The van der Waals surface area contributed by atoms with Crippen LogP contribution in [0.4, 0.5) is 0 Å². The molecule has 0 aliphatic rings. The smallest absolute Gasteiger partial charge is 0.240 e. The third kappa shape index (κ3) is 4.60. The van der Waals surface area contributed by atoms with Crippen molar-refractivity contribution < 1.29 is 14.3 Å². The fraction of sp³-hybridized carbons (Fsp3) is 0.818. The van der Waals surface area contributed by atoms with Crippen molar-refractivity contribution in [1.82, 2.24) is 4.90 Å². The van der Waals surface area contributed by atoms with Crippen molar-refractivity contribution in [1.29, 1.82) is 5.26 Å². The van der Waals surface area contributed by atoms with Crippen LogP contribution in [-0.4, -0.2) is 50.8 Å². The fourth-order valence-electron chi connectivity index (χ4n) is 1.37. The molecule has 2 unspecified atom stereocenters. The van der Waals surface area contributed by atoms with Crippen LogP contribution in [0.1, 0.15) is 13.8 Å². The summed E-state index contributed by atoms with van der Waals surface area (Å²) in [5.41, 5.74) is 0. The summed E-state index contributed by atoms with van der Waals surface area (Å²) in [5, 5.41) is 8.73. The van der Waals surface area contributed by atoms with Crippen molar-refractivity contribution in [3.05, 3.63) is 0 Å². The lowest BCUT2D eigenvalue weighted by molar-refractivity contribution is -0.137. The lowest BCUT2D eigenvalue weighted by Crippen LogP contribution is -2.45. The summed E-state index contributed by atoms with van der Waals surface area (Å²) < 4.78 is 9.96. The number of carbonyl (C=O) groups excluding carboxylic acids is 1. The van der Waals surface area contributed by atoms with E-state index in [9.17, 15) is 4.79 Å². The van der Waals surface area contributed by atoms with Crippen LogP contribution in [0.2, 0.25) is 0 Å². The molecule has 0 saturated carbocycles. The molecule has 0 aromatic carbocycles. The quantitative estimate of drug-likeness (QED) is 0.642. The Balaban J connectivity index is 4.53. The normalized spacial score (nSPS) is 13.9. The number of hydrogen-bond acceptors (Lipinski definition) is 4. The first-order chi connectivity index (χ1) is 7.58. The molecule has 16 heavy (non-hydrogen) atoms. The average molecular weight is 228 g/mol. The molecule has 0 aromatic rings. The number of nitrogens with zero attached hydrogens (tertiary/aromatic N) is 2. The van der Waals surface area contributed by atoms with E-state index in [1.54, 1.807) is 26.0 Å². The van der Waals surface area contributed by atoms with Crippen LogP contribution in [0, 0.1) is 17.2 Å². The number of amides is 1. The van der Waals surface area contributed by atoms with E-state index in [4.69, 9.17) is 14.7 Å². The Labute approximate surface area is 96.9 Å². The Hall–Kier alpha value is -1.12. The number of hydrogen-bond donors (Lipinski definition) is 0. The van der Waals surface area contributed by atoms with Crippen LogP contribution in [-0.2, 0) is 14.3 Å². The van der Waals surface area contributed by atoms with E-state index in [1.807, 2.05) is 13.0 Å². The molecule has 0 aliphatic carbocycles. The van der Waals surface area contributed by atoms with Gasteiger partial charge >= 0.3 is 0 Å². The molecule has 0 fully saturated rings. The van der Waals surface area contributed by atoms with E-state index < -0.39 is 5.92 Å². The van der Waals surface area contributed by atoms with Crippen molar-refractivity contribution in [3.63, 3.8) is 0 Å². The topological polar surface area (TPSA) is 62.6 Å². The molecule has 5 nitrogen and oxygen atoms in total. The van der Waals surface area contributed by atoms with Gasteiger partial charge in [-0.3, -0.25) is 4.79 Å². The summed E-state index contributed by atoms with van der Waals surface area (Å²) in [6.07, 6.45) is 0. The minimum atomic E-state index is -0.629. The van der Waals surface area contributed by atoms with Crippen LogP contribution in [0.3, 0.4) is 0 Å². The van der Waals surface area contributed by atoms with Crippen molar-refractivity contribution in [2.45, 2.75) is 19.9 Å². The molecule has 92 valence electrons. The predicted octanol–water partition coefficient (Wildman–Crippen LogP) is 0.656. The lowest BCUT2D eigenvalue weighted by atomic mass is 10.1. The molecule has 5 heteroatoms. The van der Waals surface area contributed by atoms with Gasteiger partial charge in [0.1, 0.15) is 5.92 Å². The molecule has 0 heterocycles. The minimum absolute atomic E-state index is 0.0524. The van der Waals surface area contributed by atoms with E-state index in [2.05, 4.69) is 0 Å². The Morgan fingerprint density at radius 3 is 2.44 bits per heavy atom. The highest BCUT2D eigenvalue weighted by Gasteiger charge is 2.24. The van der Waals surface area contributed by atoms with Gasteiger partial charge in [0, 0.05) is 20.8 Å². The molecule has 0 N–H and O–H groups in total. The molecular weight excluding hydrogens is 208 g/mol. The van der Waals surface area contributed by atoms with E-state index in [0.29, 0.717) is 19.8 Å². The number of rotatable bonds is 7. The van der Waals surface area contributed by atoms with Crippen LogP contribution in [0.25, 0.3) is 0 Å². The summed E-state index contributed by atoms with van der Waals surface area (Å²) in [7, 11) is 3.17. The van der Waals surface area contributed by atoms with Gasteiger partial charge in [0.25, 0.3) is 0 Å². The van der Waals surface area contributed by atoms with Gasteiger partial charge in [-0.25, -0.2) is 0 Å². The first-order valence-electron chi connectivity index (χ1n) is 5.26. The Morgan fingerprint density at radius 2 is 2.00 bits per heavy atom. The van der Waals surface area contributed by atoms with Gasteiger partial charge in [0.15, 0.2) is 0 Å². The zero-order valence-electron chi connectivity index (χ0n) is 10.4. The van der Waals surface area contributed by atoms with Crippen molar-refractivity contribution in [3.8, 4) is 6.07 Å². The van der Waals surface area contributed by atoms with Crippen LogP contribution < -0.4 is 0 Å². The molecule has 0 bridgehead atoms. The van der Waals surface area contributed by atoms with Crippen LogP contribution in [0.5, 0.6) is 0 Å². The van der Waals surface area contributed by atoms with Gasteiger partial charge in [-0.2, -0.15) is 5.26 Å².